The van der Waals surface area contributed by atoms with Gasteiger partial charge in [-0.3, -0.25) is 10.1 Å². The van der Waals surface area contributed by atoms with Gasteiger partial charge in [0.1, 0.15) is 0 Å². The summed E-state index contributed by atoms with van der Waals surface area (Å²) in [5.41, 5.74) is 6.82. The Labute approximate surface area is 88.2 Å². The minimum Gasteiger partial charge on any atom is -0.321 e. The molecular weight excluding hydrogens is 192 g/mol. The second-order valence-electron chi connectivity index (χ2n) is 4.84. The lowest BCUT2D eigenvalue weighted by Gasteiger charge is -2.14. The standard InChI is InChI=1S/C11H14N2O2/c1-10(2)7-11(10,12)8-4-3-5-9(6-8)13(14)15/h3-6H,7,12H2,1-2H3. The van der Waals surface area contributed by atoms with E-state index in [9.17, 15) is 10.1 Å². The fourth-order valence-electron chi connectivity index (χ4n) is 2.04. The van der Waals surface area contributed by atoms with Crippen LogP contribution in [0.3, 0.4) is 0 Å². The molecule has 4 heteroatoms. The highest BCUT2D eigenvalue weighted by molar-refractivity contribution is 5.42. The summed E-state index contributed by atoms with van der Waals surface area (Å²) in [7, 11) is 0. The van der Waals surface area contributed by atoms with Crippen LogP contribution in [0.15, 0.2) is 24.3 Å². The van der Waals surface area contributed by atoms with Gasteiger partial charge in [-0.15, -0.1) is 0 Å². The average molecular weight is 206 g/mol. The largest absolute Gasteiger partial charge is 0.321 e. The quantitative estimate of drug-likeness (QED) is 0.595. The summed E-state index contributed by atoms with van der Waals surface area (Å²) in [6, 6.07) is 6.62. The third-order valence-corrected chi connectivity index (χ3v) is 3.38. The zero-order chi connectivity index (χ0) is 11.3. The van der Waals surface area contributed by atoms with Gasteiger partial charge in [-0.1, -0.05) is 26.0 Å². The Bertz CT molecular complexity index is 428. The minimum atomic E-state index is -0.390. The molecule has 0 bridgehead atoms. The van der Waals surface area contributed by atoms with E-state index in [0.717, 1.165) is 12.0 Å². The van der Waals surface area contributed by atoms with Crippen LogP contribution in [0.5, 0.6) is 0 Å². The Morgan fingerprint density at radius 1 is 1.47 bits per heavy atom. The SMILES string of the molecule is CC1(C)CC1(N)c1cccc([N+](=O)[O-])c1. The van der Waals surface area contributed by atoms with Crippen molar-refractivity contribution in [2.24, 2.45) is 11.1 Å². The van der Waals surface area contributed by atoms with Crippen molar-refractivity contribution in [1.29, 1.82) is 0 Å². The molecule has 0 radical (unpaired) electrons. The highest BCUT2D eigenvalue weighted by Crippen LogP contribution is 2.60. The number of hydrogen-bond donors (Lipinski definition) is 1. The molecule has 1 fully saturated rings. The van der Waals surface area contributed by atoms with Gasteiger partial charge in [0, 0.05) is 17.7 Å². The van der Waals surface area contributed by atoms with Gasteiger partial charge < -0.3 is 5.73 Å². The number of rotatable bonds is 2. The maximum atomic E-state index is 10.6. The molecule has 2 N–H and O–H groups in total. The molecule has 0 heterocycles. The molecule has 1 atom stereocenters. The normalized spacial score (nSPS) is 27.4. The van der Waals surface area contributed by atoms with E-state index in [0.29, 0.717) is 0 Å². The summed E-state index contributed by atoms with van der Waals surface area (Å²) in [5, 5.41) is 10.6. The van der Waals surface area contributed by atoms with Crippen molar-refractivity contribution < 1.29 is 4.92 Å². The highest BCUT2D eigenvalue weighted by Gasteiger charge is 2.59. The van der Waals surface area contributed by atoms with Crippen LogP contribution in [0.4, 0.5) is 5.69 Å². The van der Waals surface area contributed by atoms with E-state index in [1.165, 1.54) is 6.07 Å². The molecule has 4 nitrogen and oxygen atoms in total. The van der Waals surface area contributed by atoms with Crippen LogP contribution >= 0.6 is 0 Å². The molecule has 1 saturated carbocycles. The molecule has 0 spiro atoms. The van der Waals surface area contributed by atoms with Gasteiger partial charge in [0.05, 0.1) is 4.92 Å². The zero-order valence-corrected chi connectivity index (χ0v) is 8.86. The van der Waals surface area contributed by atoms with Crippen molar-refractivity contribution in [2.45, 2.75) is 25.8 Å². The highest BCUT2D eigenvalue weighted by atomic mass is 16.6. The van der Waals surface area contributed by atoms with Gasteiger partial charge >= 0.3 is 0 Å². The number of benzene rings is 1. The number of nitrogens with two attached hydrogens (primary N) is 1. The summed E-state index contributed by atoms with van der Waals surface area (Å²) in [4.78, 5) is 10.2. The Kier molecular flexibility index (Phi) is 1.88. The molecule has 0 aromatic heterocycles. The summed E-state index contributed by atoms with van der Waals surface area (Å²) in [6.07, 6.45) is 0.876. The molecule has 80 valence electrons. The van der Waals surface area contributed by atoms with Crippen molar-refractivity contribution in [3.63, 3.8) is 0 Å². The maximum absolute atomic E-state index is 10.6. The second-order valence-corrected chi connectivity index (χ2v) is 4.84. The number of nitrogens with zero attached hydrogens (tertiary/aromatic N) is 1. The van der Waals surface area contributed by atoms with Crippen LogP contribution in [-0.4, -0.2) is 4.92 Å². The van der Waals surface area contributed by atoms with Crippen molar-refractivity contribution >= 4 is 5.69 Å². The number of nitro groups is 1. The molecule has 1 aliphatic rings. The van der Waals surface area contributed by atoms with Gasteiger partial charge in [-0.05, 0) is 17.4 Å². The lowest BCUT2D eigenvalue weighted by Crippen LogP contribution is -2.25. The molecule has 1 unspecified atom stereocenters. The molecule has 0 amide bonds. The predicted octanol–water partition coefficient (Wildman–Crippen LogP) is 2.18. The summed E-state index contributed by atoms with van der Waals surface area (Å²) in [5.74, 6) is 0. The van der Waals surface area contributed by atoms with Crippen molar-refractivity contribution in [3.8, 4) is 0 Å². The predicted molar refractivity (Wildman–Crippen MR) is 57.4 cm³/mol. The van der Waals surface area contributed by atoms with Crippen LogP contribution in [0.1, 0.15) is 25.8 Å². The number of hydrogen-bond acceptors (Lipinski definition) is 3. The molecule has 15 heavy (non-hydrogen) atoms. The van der Waals surface area contributed by atoms with Crippen molar-refractivity contribution in [3.05, 3.63) is 39.9 Å². The van der Waals surface area contributed by atoms with E-state index in [1.54, 1.807) is 12.1 Å². The number of nitro benzene ring substituents is 1. The summed E-state index contributed by atoms with van der Waals surface area (Å²) >= 11 is 0. The first kappa shape index (κ1) is 10.1. The first-order chi connectivity index (χ1) is 6.87. The molecule has 1 aliphatic carbocycles. The van der Waals surface area contributed by atoms with Gasteiger partial charge in [-0.25, -0.2) is 0 Å². The monoisotopic (exact) mass is 206 g/mol. The van der Waals surface area contributed by atoms with Crippen molar-refractivity contribution in [2.75, 3.05) is 0 Å². The van der Waals surface area contributed by atoms with E-state index >= 15 is 0 Å². The minimum absolute atomic E-state index is 0.0439. The molecular formula is C11H14N2O2. The Morgan fingerprint density at radius 3 is 2.53 bits per heavy atom. The second kappa shape index (κ2) is 2.79. The van der Waals surface area contributed by atoms with E-state index in [2.05, 4.69) is 13.8 Å². The van der Waals surface area contributed by atoms with Crippen LogP contribution in [0, 0.1) is 15.5 Å². The number of non-ortho nitro benzene ring substituents is 1. The third-order valence-electron chi connectivity index (χ3n) is 3.38. The average Bonchev–Trinajstić information content (AvgIpc) is 2.68. The lowest BCUT2D eigenvalue weighted by molar-refractivity contribution is -0.384. The van der Waals surface area contributed by atoms with Gasteiger partial charge in [0.2, 0.25) is 0 Å². The van der Waals surface area contributed by atoms with Crippen LogP contribution in [0.2, 0.25) is 0 Å². The van der Waals surface area contributed by atoms with Gasteiger partial charge in [0.15, 0.2) is 0 Å². The van der Waals surface area contributed by atoms with Crippen LogP contribution in [0.25, 0.3) is 0 Å². The summed E-state index contributed by atoms with van der Waals surface area (Å²) < 4.78 is 0. The molecule has 1 aromatic carbocycles. The Hall–Kier alpha value is -1.42. The molecule has 1 aromatic rings. The van der Waals surface area contributed by atoms with Crippen LogP contribution < -0.4 is 5.73 Å². The van der Waals surface area contributed by atoms with Gasteiger partial charge in [-0.2, -0.15) is 0 Å². The Balaban J connectivity index is 2.39. The zero-order valence-electron chi connectivity index (χ0n) is 8.86. The molecule has 0 saturated heterocycles. The third kappa shape index (κ3) is 1.41. The fourth-order valence-corrected chi connectivity index (χ4v) is 2.04. The van der Waals surface area contributed by atoms with Crippen LogP contribution in [-0.2, 0) is 5.54 Å². The first-order valence-electron chi connectivity index (χ1n) is 4.91. The molecule has 2 rings (SSSR count). The van der Waals surface area contributed by atoms with E-state index in [-0.39, 0.29) is 21.6 Å². The topological polar surface area (TPSA) is 69.2 Å². The van der Waals surface area contributed by atoms with Crippen molar-refractivity contribution in [1.82, 2.24) is 0 Å². The Morgan fingerprint density at radius 2 is 2.07 bits per heavy atom. The molecule has 0 aliphatic heterocycles. The maximum Gasteiger partial charge on any atom is 0.269 e. The summed E-state index contributed by atoms with van der Waals surface area (Å²) in [6.45, 7) is 4.15. The van der Waals surface area contributed by atoms with E-state index in [1.807, 2.05) is 6.07 Å². The first-order valence-corrected chi connectivity index (χ1v) is 4.91. The van der Waals surface area contributed by atoms with E-state index < -0.39 is 0 Å². The van der Waals surface area contributed by atoms with E-state index in [4.69, 9.17) is 5.73 Å². The fraction of sp³-hybridized carbons (Fsp3) is 0.455. The smallest absolute Gasteiger partial charge is 0.269 e. The lowest BCUT2D eigenvalue weighted by atomic mass is 9.97. The van der Waals surface area contributed by atoms with Gasteiger partial charge in [0.25, 0.3) is 5.69 Å².